The Balaban J connectivity index is 2.87. The minimum atomic E-state index is -0.659. The number of nitro groups is 1. The van der Waals surface area contributed by atoms with Gasteiger partial charge in [-0.2, -0.15) is 0 Å². The van der Waals surface area contributed by atoms with E-state index in [0.29, 0.717) is 11.3 Å². The van der Waals surface area contributed by atoms with Gasteiger partial charge in [0.1, 0.15) is 6.04 Å². The van der Waals surface area contributed by atoms with Crippen molar-refractivity contribution in [2.24, 2.45) is 5.92 Å². The van der Waals surface area contributed by atoms with Crippen LogP contribution in [0, 0.1) is 16.0 Å². The summed E-state index contributed by atoms with van der Waals surface area (Å²) in [7, 11) is 2.84. The zero-order valence-corrected chi connectivity index (χ0v) is 15.6. The fourth-order valence-electron chi connectivity index (χ4n) is 2.46. The topological polar surface area (TPSA) is 120 Å². The molecule has 0 fully saturated rings. The summed E-state index contributed by atoms with van der Waals surface area (Å²) < 4.78 is 10.3. The number of nitro benzene ring substituents is 1. The number of rotatable bonds is 9. The van der Waals surface area contributed by atoms with Gasteiger partial charge in [-0.15, -0.1) is 0 Å². The summed E-state index contributed by atoms with van der Waals surface area (Å²) in [5.41, 5.74) is 0.299. The van der Waals surface area contributed by atoms with Crippen LogP contribution in [-0.4, -0.2) is 43.5 Å². The normalized spacial score (nSPS) is 11.6. The number of nitrogens with one attached hydrogen (secondary N) is 2. The van der Waals surface area contributed by atoms with E-state index in [4.69, 9.17) is 9.47 Å². The lowest BCUT2D eigenvalue weighted by Crippen LogP contribution is -2.49. The van der Waals surface area contributed by atoms with Crippen molar-refractivity contribution in [3.8, 4) is 11.5 Å². The highest BCUT2D eigenvalue weighted by Crippen LogP contribution is 2.34. The van der Waals surface area contributed by atoms with Gasteiger partial charge in [0.25, 0.3) is 5.69 Å². The third kappa shape index (κ3) is 5.61. The van der Waals surface area contributed by atoms with E-state index >= 15 is 0 Å². The van der Waals surface area contributed by atoms with Crippen molar-refractivity contribution in [3.63, 3.8) is 0 Å². The molecule has 0 aromatic heterocycles. The molecule has 9 heteroatoms. The molecule has 144 valence electrons. The fourth-order valence-corrected chi connectivity index (χ4v) is 2.46. The summed E-state index contributed by atoms with van der Waals surface area (Å²) in [6.45, 7) is 5.16. The van der Waals surface area contributed by atoms with E-state index in [1.165, 1.54) is 33.3 Å². The first-order valence-corrected chi connectivity index (χ1v) is 8.15. The van der Waals surface area contributed by atoms with Crippen molar-refractivity contribution in [1.29, 1.82) is 0 Å². The van der Waals surface area contributed by atoms with Gasteiger partial charge < -0.3 is 20.1 Å². The van der Waals surface area contributed by atoms with Gasteiger partial charge in [0.15, 0.2) is 11.5 Å². The highest BCUT2D eigenvalue weighted by Gasteiger charge is 2.23. The molecule has 1 aromatic carbocycles. The molecule has 0 aliphatic carbocycles. The van der Waals surface area contributed by atoms with Crippen molar-refractivity contribution in [2.45, 2.75) is 33.2 Å². The standard InChI is InChI=1S/C17H25N3O6/c1-10(2)16(19-11(3)21)17(22)18-7-6-12-8-14(25-4)15(26-5)9-13(12)20(23)24/h8-10,16H,6-7H2,1-5H3,(H,18,22)(H,19,21)/t16-/m0/s1. The molecule has 0 saturated heterocycles. The maximum atomic E-state index is 12.2. The predicted octanol–water partition coefficient (Wildman–Crippen LogP) is 1.43. The molecule has 26 heavy (non-hydrogen) atoms. The van der Waals surface area contributed by atoms with E-state index in [9.17, 15) is 19.7 Å². The molecule has 1 rings (SSSR count). The summed E-state index contributed by atoms with van der Waals surface area (Å²) in [6, 6.07) is 2.16. The van der Waals surface area contributed by atoms with Crippen molar-refractivity contribution in [2.75, 3.05) is 20.8 Å². The SMILES string of the molecule is COc1cc(CCNC(=O)[C@@H](NC(C)=O)C(C)C)c([N+](=O)[O-])cc1OC. The van der Waals surface area contributed by atoms with Crippen LogP contribution in [-0.2, 0) is 16.0 Å². The minimum absolute atomic E-state index is 0.0886. The Morgan fingerprint density at radius 1 is 1.19 bits per heavy atom. The zero-order valence-electron chi connectivity index (χ0n) is 15.6. The number of hydrogen-bond donors (Lipinski definition) is 2. The number of ether oxygens (including phenoxy) is 2. The van der Waals surface area contributed by atoms with E-state index in [0.717, 1.165) is 0 Å². The van der Waals surface area contributed by atoms with E-state index < -0.39 is 11.0 Å². The van der Waals surface area contributed by atoms with Crippen molar-refractivity contribution in [1.82, 2.24) is 10.6 Å². The summed E-state index contributed by atoms with van der Waals surface area (Å²) in [6.07, 6.45) is 0.229. The molecular formula is C17H25N3O6. The molecule has 0 bridgehead atoms. The van der Waals surface area contributed by atoms with Gasteiger partial charge >= 0.3 is 0 Å². The zero-order chi connectivity index (χ0) is 19.9. The third-order valence-electron chi connectivity index (χ3n) is 3.78. The number of carbonyl (C=O) groups is 2. The number of hydrogen-bond acceptors (Lipinski definition) is 6. The van der Waals surface area contributed by atoms with Gasteiger partial charge in [-0.1, -0.05) is 13.8 Å². The number of nitrogens with zero attached hydrogens (tertiary/aromatic N) is 1. The largest absolute Gasteiger partial charge is 0.493 e. The van der Waals surface area contributed by atoms with Crippen LogP contribution >= 0.6 is 0 Å². The lowest BCUT2D eigenvalue weighted by atomic mass is 10.0. The Morgan fingerprint density at radius 3 is 2.23 bits per heavy atom. The first-order valence-electron chi connectivity index (χ1n) is 8.15. The van der Waals surface area contributed by atoms with Crippen LogP contribution in [0.2, 0.25) is 0 Å². The van der Waals surface area contributed by atoms with Gasteiger partial charge in [0, 0.05) is 19.0 Å². The minimum Gasteiger partial charge on any atom is -0.493 e. The molecule has 0 aliphatic rings. The van der Waals surface area contributed by atoms with Crippen LogP contribution in [0.3, 0.4) is 0 Å². The quantitative estimate of drug-likeness (QED) is 0.503. The van der Waals surface area contributed by atoms with E-state index in [1.807, 2.05) is 13.8 Å². The Kier molecular flexibility index (Phi) is 7.82. The Labute approximate surface area is 152 Å². The fraction of sp³-hybridized carbons (Fsp3) is 0.529. The predicted molar refractivity (Wildman–Crippen MR) is 95.4 cm³/mol. The second-order valence-corrected chi connectivity index (χ2v) is 6.06. The molecule has 1 atom stereocenters. The molecule has 2 amide bonds. The monoisotopic (exact) mass is 367 g/mol. The summed E-state index contributed by atoms with van der Waals surface area (Å²) in [5.74, 6) is -0.0859. The van der Waals surface area contributed by atoms with Crippen LogP contribution < -0.4 is 20.1 Å². The van der Waals surface area contributed by atoms with E-state index in [2.05, 4.69) is 10.6 Å². The first kappa shape index (κ1) is 21.2. The second-order valence-electron chi connectivity index (χ2n) is 6.06. The van der Waals surface area contributed by atoms with Crippen LogP contribution in [0.15, 0.2) is 12.1 Å². The molecule has 0 heterocycles. The first-order chi connectivity index (χ1) is 12.2. The van der Waals surface area contributed by atoms with Gasteiger partial charge in [0.2, 0.25) is 11.8 Å². The van der Waals surface area contributed by atoms with Gasteiger partial charge in [0.05, 0.1) is 25.2 Å². The lowest BCUT2D eigenvalue weighted by Gasteiger charge is -2.21. The number of carbonyl (C=O) groups excluding carboxylic acids is 2. The van der Waals surface area contributed by atoms with Crippen LogP contribution in [0.1, 0.15) is 26.3 Å². The van der Waals surface area contributed by atoms with Gasteiger partial charge in [-0.05, 0) is 18.4 Å². The smallest absolute Gasteiger partial charge is 0.276 e. The Morgan fingerprint density at radius 2 is 1.77 bits per heavy atom. The van der Waals surface area contributed by atoms with Crippen molar-refractivity contribution in [3.05, 3.63) is 27.8 Å². The molecule has 0 radical (unpaired) electrons. The van der Waals surface area contributed by atoms with Crippen LogP contribution in [0.25, 0.3) is 0 Å². The summed E-state index contributed by atoms with van der Waals surface area (Å²) in [4.78, 5) is 34.2. The van der Waals surface area contributed by atoms with Gasteiger partial charge in [-0.3, -0.25) is 19.7 Å². The molecule has 0 aliphatic heterocycles. The highest BCUT2D eigenvalue weighted by molar-refractivity contribution is 5.87. The lowest BCUT2D eigenvalue weighted by molar-refractivity contribution is -0.385. The van der Waals surface area contributed by atoms with Crippen molar-refractivity contribution >= 4 is 17.5 Å². The number of benzene rings is 1. The maximum Gasteiger partial charge on any atom is 0.276 e. The van der Waals surface area contributed by atoms with Crippen LogP contribution in [0.5, 0.6) is 11.5 Å². The molecule has 9 nitrogen and oxygen atoms in total. The molecule has 0 saturated carbocycles. The van der Waals surface area contributed by atoms with Crippen molar-refractivity contribution < 1.29 is 24.0 Å². The van der Waals surface area contributed by atoms with Gasteiger partial charge in [-0.25, -0.2) is 0 Å². The average Bonchev–Trinajstić information content (AvgIpc) is 2.58. The Hall–Kier alpha value is -2.84. The molecular weight excluding hydrogens is 342 g/mol. The van der Waals surface area contributed by atoms with Crippen LogP contribution in [0.4, 0.5) is 5.69 Å². The average molecular weight is 367 g/mol. The van der Waals surface area contributed by atoms with E-state index in [1.54, 1.807) is 0 Å². The second kappa shape index (κ2) is 9.59. The molecule has 0 unspecified atom stereocenters. The Bertz CT molecular complexity index is 675. The highest BCUT2D eigenvalue weighted by atomic mass is 16.6. The molecule has 2 N–H and O–H groups in total. The molecule has 0 spiro atoms. The molecule has 1 aromatic rings. The summed E-state index contributed by atoms with van der Waals surface area (Å²) in [5, 5.41) is 16.6. The number of methoxy groups -OCH3 is 2. The third-order valence-corrected chi connectivity index (χ3v) is 3.78. The summed E-state index contributed by atoms with van der Waals surface area (Å²) >= 11 is 0. The van der Waals surface area contributed by atoms with E-state index in [-0.39, 0.29) is 42.1 Å². The number of amides is 2. The maximum absolute atomic E-state index is 12.2.